The van der Waals surface area contributed by atoms with Crippen molar-refractivity contribution in [2.24, 2.45) is 18.9 Å². The molecule has 1 aromatic heterocycles. The maximum Gasteiger partial charge on any atom is 0.282 e. The van der Waals surface area contributed by atoms with E-state index in [4.69, 9.17) is 16.3 Å². The van der Waals surface area contributed by atoms with Gasteiger partial charge in [0, 0.05) is 49.6 Å². The van der Waals surface area contributed by atoms with E-state index in [0.29, 0.717) is 49.2 Å². The lowest BCUT2D eigenvalue weighted by Crippen LogP contribution is -2.49. The number of aromatic nitrogens is 3. The fourth-order valence-corrected chi connectivity index (χ4v) is 6.54. The van der Waals surface area contributed by atoms with E-state index in [2.05, 4.69) is 17.2 Å². The minimum absolute atomic E-state index is 0.0530. The van der Waals surface area contributed by atoms with Gasteiger partial charge in [-0.05, 0) is 49.3 Å². The second-order valence-corrected chi connectivity index (χ2v) is 11.1. The van der Waals surface area contributed by atoms with Crippen molar-refractivity contribution in [1.82, 2.24) is 24.8 Å². The van der Waals surface area contributed by atoms with Crippen molar-refractivity contribution in [2.45, 2.75) is 70.9 Å². The zero-order valence-corrected chi connectivity index (χ0v) is 22.6. The molecule has 1 aliphatic carbocycles. The first kappa shape index (κ1) is 26.8. The van der Waals surface area contributed by atoms with Crippen LogP contribution >= 0.6 is 11.6 Å². The Kier molecular flexibility index (Phi) is 7.88. The molecular weight excluding hydrogens is 516 g/mol. The molecule has 8 nitrogen and oxygen atoms in total. The van der Waals surface area contributed by atoms with Gasteiger partial charge in [0.05, 0.1) is 6.04 Å². The Morgan fingerprint density at radius 2 is 1.97 bits per heavy atom. The Bertz CT molecular complexity index is 1210. The highest BCUT2D eigenvalue weighted by Crippen LogP contribution is 2.43. The largest absolute Gasteiger partial charge is 0.487 e. The molecule has 2 aliphatic heterocycles. The van der Waals surface area contributed by atoms with Crippen molar-refractivity contribution in [1.29, 1.82) is 0 Å². The predicted molar refractivity (Wildman–Crippen MR) is 137 cm³/mol. The van der Waals surface area contributed by atoms with E-state index < -0.39 is 12.5 Å². The van der Waals surface area contributed by atoms with Crippen LogP contribution in [-0.4, -0.2) is 56.2 Å². The third kappa shape index (κ3) is 5.11. The highest BCUT2D eigenvalue weighted by Gasteiger charge is 2.41. The van der Waals surface area contributed by atoms with Crippen LogP contribution < -0.4 is 4.74 Å². The molecule has 0 bridgehead atoms. The number of carbonyl (C=O) groups excluding carboxylic acids is 2. The molecule has 2 aromatic rings. The average Bonchev–Trinajstić information content (AvgIpc) is 3.48. The Balaban J connectivity index is 1.50. The average molecular weight is 550 g/mol. The second-order valence-electron chi connectivity index (χ2n) is 10.7. The van der Waals surface area contributed by atoms with Crippen LogP contribution in [0.25, 0.3) is 0 Å². The quantitative estimate of drug-likeness (QED) is 0.493. The van der Waals surface area contributed by atoms with Gasteiger partial charge < -0.3 is 14.5 Å². The van der Waals surface area contributed by atoms with Crippen molar-refractivity contribution in [2.75, 3.05) is 19.6 Å². The second kappa shape index (κ2) is 11.2. The molecule has 3 atom stereocenters. The van der Waals surface area contributed by atoms with E-state index >= 15 is 0 Å². The predicted octanol–water partition coefficient (Wildman–Crippen LogP) is 4.86. The zero-order chi connectivity index (χ0) is 27.0. The molecule has 1 saturated carbocycles. The molecule has 0 N–H and O–H groups in total. The lowest BCUT2D eigenvalue weighted by Gasteiger charge is -2.43. The van der Waals surface area contributed by atoms with Crippen molar-refractivity contribution in [3.63, 3.8) is 0 Å². The molecule has 0 radical (unpaired) electrons. The molecule has 206 valence electrons. The molecule has 38 heavy (non-hydrogen) atoms. The van der Waals surface area contributed by atoms with E-state index in [9.17, 15) is 18.4 Å². The molecule has 2 fully saturated rings. The van der Waals surface area contributed by atoms with Gasteiger partial charge >= 0.3 is 0 Å². The minimum atomic E-state index is -2.74. The number of benzene rings is 1. The number of halogens is 3. The van der Waals surface area contributed by atoms with Gasteiger partial charge in [0.25, 0.3) is 6.43 Å². The molecule has 3 aliphatic rings. The third-order valence-electron chi connectivity index (χ3n) is 8.36. The maximum atomic E-state index is 14.0. The number of ether oxygens (including phenoxy) is 1. The molecule has 1 aromatic carbocycles. The standard InChI is InChI=1S/C27H34ClF2N5O3/c1-16-6-3-4-7-17(16)27(37)35-13-11-18-19(28)9-10-22(24(18)21(35)14-34-12-5-8-23(34)36)38-15-20-25(26(29)30)33(2)32-31-20/h9-10,16-17,21,26H,3-8,11-15H2,1-2H3/t16-,17+,21+/m0/s1. The van der Waals surface area contributed by atoms with Crippen LogP contribution in [0.1, 0.15) is 80.4 Å². The van der Waals surface area contributed by atoms with Gasteiger partial charge in [0.15, 0.2) is 0 Å². The Morgan fingerprint density at radius 1 is 1.18 bits per heavy atom. The molecule has 0 unspecified atom stereocenters. The van der Waals surface area contributed by atoms with Gasteiger partial charge in [-0.25, -0.2) is 13.5 Å². The summed E-state index contributed by atoms with van der Waals surface area (Å²) in [5.41, 5.74) is 1.38. The molecule has 3 heterocycles. The van der Waals surface area contributed by atoms with E-state index in [1.807, 2.05) is 9.80 Å². The highest BCUT2D eigenvalue weighted by atomic mass is 35.5. The highest BCUT2D eigenvalue weighted by molar-refractivity contribution is 6.31. The van der Waals surface area contributed by atoms with Crippen molar-refractivity contribution in [3.05, 3.63) is 39.7 Å². The number of carbonyl (C=O) groups is 2. The van der Waals surface area contributed by atoms with E-state index in [0.717, 1.165) is 47.9 Å². The summed E-state index contributed by atoms with van der Waals surface area (Å²) >= 11 is 6.65. The molecule has 5 rings (SSSR count). The normalized spacial score (nSPS) is 23.7. The number of likely N-dealkylation sites (tertiary alicyclic amines) is 1. The monoisotopic (exact) mass is 549 g/mol. The number of rotatable bonds is 7. The first-order valence-electron chi connectivity index (χ1n) is 13.4. The number of hydrogen-bond acceptors (Lipinski definition) is 5. The maximum absolute atomic E-state index is 14.0. The molecule has 1 saturated heterocycles. The zero-order valence-electron chi connectivity index (χ0n) is 21.8. The lowest BCUT2D eigenvalue weighted by atomic mass is 9.78. The van der Waals surface area contributed by atoms with Gasteiger partial charge in [-0.3, -0.25) is 9.59 Å². The minimum Gasteiger partial charge on any atom is -0.487 e. The molecular formula is C27H34ClF2N5O3. The summed E-state index contributed by atoms with van der Waals surface area (Å²) < 4.78 is 34.4. The number of nitrogens with zero attached hydrogens (tertiary/aromatic N) is 5. The van der Waals surface area contributed by atoms with Gasteiger partial charge in [-0.1, -0.05) is 36.6 Å². The number of hydrogen-bond donors (Lipinski definition) is 0. The third-order valence-corrected chi connectivity index (χ3v) is 8.72. The van der Waals surface area contributed by atoms with Gasteiger partial charge in [0.1, 0.15) is 23.7 Å². The lowest BCUT2D eigenvalue weighted by molar-refractivity contribution is -0.143. The van der Waals surface area contributed by atoms with Crippen molar-refractivity contribution >= 4 is 23.4 Å². The summed E-state index contributed by atoms with van der Waals surface area (Å²) in [7, 11) is 1.42. The van der Waals surface area contributed by atoms with Crippen LogP contribution in [0.2, 0.25) is 5.02 Å². The van der Waals surface area contributed by atoms with Gasteiger partial charge in [0.2, 0.25) is 11.8 Å². The first-order chi connectivity index (χ1) is 18.3. The Hall–Kier alpha value is -2.75. The summed E-state index contributed by atoms with van der Waals surface area (Å²) in [6, 6.07) is 3.02. The van der Waals surface area contributed by atoms with Crippen LogP contribution in [0.15, 0.2) is 12.1 Å². The fraction of sp³-hybridized carbons (Fsp3) is 0.630. The summed E-state index contributed by atoms with van der Waals surface area (Å²) in [6.45, 7) is 3.43. The van der Waals surface area contributed by atoms with Crippen molar-refractivity contribution < 1.29 is 23.1 Å². The summed E-state index contributed by atoms with van der Waals surface area (Å²) in [5.74, 6) is 0.881. The fourth-order valence-electron chi connectivity index (χ4n) is 6.28. The van der Waals surface area contributed by atoms with Gasteiger partial charge in [-0.2, -0.15) is 0 Å². The Morgan fingerprint density at radius 3 is 2.68 bits per heavy atom. The summed E-state index contributed by atoms with van der Waals surface area (Å²) in [4.78, 5) is 30.3. The van der Waals surface area contributed by atoms with E-state index in [1.54, 1.807) is 12.1 Å². The first-order valence-corrected chi connectivity index (χ1v) is 13.8. The number of fused-ring (bicyclic) bond motifs is 1. The number of alkyl halides is 2. The summed E-state index contributed by atoms with van der Waals surface area (Å²) in [5, 5.41) is 8.16. The summed E-state index contributed by atoms with van der Waals surface area (Å²) in [6.07, 6.45) is 3.15. The van der Waals surface area contributed by atoms with Gasteiger partial charge in [-0.15, -0.1) is 5.10 Å². The topological polar surface area (TPSA) is 80.6 Å². The number of amides is 2. The van der Waals surface area contributed by atoms with E-state index in [1.165, 1.54) is 7.05 Å². The van der Waals surface area contributed by atoms with Crippen LogP contribution in [0.3, 0.4) is 0 Å². The van der Waals surface area contributed by atoms with Crippen LogP contribution in [0, 0.1) is 11.8 Å². The molecule has 2 amide bonds. The SMILES string of the molecule is C[C@H]1CCCC[C@H]1C(=O)N1CCc2c(Cl)ccc(OCc3nnn(C)c3C(F)F)c2[C@H]1CN1CCCC1=O. The van der Waals surface area contributed by atoms with Crippen LogP contribution in [-0.2, 0) is 29.7 Å². The number of aryl methyl sites for hydroxylation is 1. The molecule has 11 heteroatoms. The smallest absolute Gasteiger partial charge is 0.282 e. The Labute approximate surface area is 226 Å². The van der Waals surface area contributed by atoms with Crippen LogP contribution in [0.5, 0.6) is 5.75 Å². The van der Waals surface area contributed by atoms with Crippen LogP contribution in [0.4, 0.5) is 8.78 Å². The van der Waals surface area contributed by atoms with Crippen molar-refractivity contribution in [3.8, 4) is 5.75 Å². The van der Waals surface area contributed by atoms with E-state index in [-0.39, 0.29) is 35.7 Å². The molecule has 0 spiro atoms.